The van der Waals surface area contributed by atoms with E-state index in [1.807, 2.05) is 0 Å². The van der Waals surface area contributed by atoms with Crippen LogP contribution in [0.4, 0.5) is 4.39 Å². The second-order valence-electron chi connectivity index (χ2n) is 4.52. The molecule has 2 aromatic carbocycles. The van der Waals surface area contributed by atoms with Crippen LogP contribution >= 0.6 is 0 Å². The van der Waals surface area contributed by atoms with Crippen molar-refractivity contribution in [3.8, 4) is 17.2 Å². The van der Waals surface area contributed by atoms with E-state index in [4.69, 9.17) is 25.4 Å². The Kier molecular flexibility index (Phi) is 3.35. The normalized spacial score (nSPS) is 12.2. The maximum atomic E-state index is 13.2. The molecule has 0 aliphatic carbocycles. The zero-order valence-electron chi connectivity index (χ0n) is 11.1. The van der Waals surface area contributed by atoms with Crippen molar-refractivity contribution >= 4 is 5.84 Å². The molecule has 0 amide bonds. The summed E-state index contributed by atoms with van der Waals surface area (Å²) in [6.07, 6.45) is 0. The first kappa shape index (κ1) is 13.2. The molecular weight excluding hydrogens is 275 g/mol. The Morgan fingerprint density at radius 2 is 2.00 bits per heavy atom. The van der Waals surface area contributed by atoms with Crippen molar-refractivity contribution in [2.45, 2.75) is 6.61 Å². The van der Waals surface area contributed by atoms with Gasteiger partial charge in [0.15, 0.2) is 11.5 Å². The summed E-state index contributed by atoms with van der Waals surface area (Å²) < 4.78 is 29.3. The third-order valence-electron chi connectivity index (χ3n) is 3.10. The summed E-state index contributed by atoms with van der Waals surface area (Å²) in [6.45, 7) is 0.375. The molecule has 6 heteroatoms. The molecule has 0 aromatic heterocycles. The molecule has 0 unspecified atom stereocenters. The number of fused-ring (bicyclic) bond motifs is 1. The number of hydrogen-bond donors (Lipinski definition) is 2. The van der Waals surface area contributed by atoms with Crippen molar-refractivity contribution < 1.29 is 18.6 Å². The summed E-state index contributed by atoms with van der Waals surface area (Å²) in [5.74, 6) is 1.26. The number of hydrogen-bond acceptors (Lipinski definition) is 4. The summed E-state index contributed by atoms with van der Waals surface area (Å²) in [7, 11) is 0. The van der Waals surface area contributed by atoms with E-state index in [1.54, 1.807) is 24.3 Å². The van der Waals surface area contributed by atoms with Crippen LogP contribution < -0.4 is 19.9 Å². The van der Waals surface area contributed by atoms with Crippen molar-refractivity contribution in [3.63, 3.8) is 0 Å². The quantitative estimate of drug-likeness (QED) is 0.669. The predicted octanol–water partition coefficient (Wildman–Crippen LogP) is 2.42. The molecule has 1 heterocycles. The number of amidine groups is 1. The summed E-state index contributed by atoms with van der Waals surface area (Å²) in [5, 5.41) is 7.48. The first-order valence-corrected chi connectivity index (χ1v) is 6.29. The minimum atomic E-state index is -0.438. The molecule has 21 heavy (non-hydrogen) atoms. The van der Waals surface area contributed by atoms with Crippen LogP contribution in [0.3, 0.4) is 0 Å². The van der Waals surface area contributed by atoms with Crippen molar-refractivity contribution in [1.29, 1.82) is 5.41 Å². The molecule has 1 aliphatic heterocycles. The Bertz CT molecular complexity index is 703. The first-order chi connectivity index (χ1) is 10.1. The highest BCUT2D eigenvalue weighted by Gasteiger charge is 2.14. The fraction of sp³-hybridized carbons (Fsp3) is 0.133. The van der Waals surface area contributed by atoms with E-state index in [0.717, 1.165) is 0 Å². The van der Waals surface area contributed by atoms with E-state index in [0.29, 0.717) is 28.4 Å². The zero-order chi connectivity index (χ0) is 14.8. The van der Waals surface area contributed by atoms with Gasteiger partial charge in [0.1, 0.15) is 24.0 Å². The molecule has 0 spiro atoms. The Morgan fingerprint density at radius 3 is 2.81 bits per heavy atom. The molecule has 5 nitrogen and oxygen atoms in total. The van der Waals surface area contributed by atoms with Gasteiger partial charge in [0, 0.05) is 17.2 Å². The molecule has 0 bridgehead atoms. The summed E-state index contributed by atoms with van der Waals surface area (Å²) >= 11 is 0. The topological polar surface area (TPSA) is 77.6 Å². The van der Waals surface area contributed by atoms with Gasteiger partial charge in [-0.25, -0.2) is 4.39 Å². The Morgan fingerprint density at radius 1 is 1.19 bits per heavy atom. The van der Waals surface area contributed by atoms with Gasteiger partial charge >= 0.3 is 0 Å². The highest BCUT2D eigenvalue weighted by atomic mass is 19.1. The van der Waals surface area contributed by atoms with Crippen LogP contribution in [0.25, 0.3) is 0 Å². The highest BCUT2D eigenvalue weighted by Crippen LogP contribution is 2.35. The number of nitrogens with one attached hydrogen (secondary N) is 1. The van der Waals surface area contributed by atoms with Crippen molar-refractivity contribution in [2.75, 3.05) is 6.79 Å². The molecule has 0 fully saturated rings. The standard InChI is InChI=1S/C15H13FN2O3/c16-10-2-1-9(12(5-10)15(17)18)7-19-11-3-4-13-14(6-11)21-8-20-13/h1-6H,7-8H2,(H3,17,18). The number of benzene rings is 2. The molecule has 0 atom stereocenters. The zero-order valence-corrected chi connectivity index (χ0v) is 11.1. The maximum absolute atomic E-state index is 13.2. The lowest BCUT2D eigenvalue weighted by atomic mass is 10.1. The van der Waals surface area contributed by atoms with E-state index in [2.05, 4.69) is 0 Å². The minimum absolute atomic E-state index is 0.175. The SMILES string of the molecule is N=C(N)c1cc(F)ccc1COc1ccc2c(c1)OCO2. The highest BCUT2D eigenvalue weighted by molar-refractivity contribution is 5.96. The number of rotatable bonds is 4. The molecule has 0 saturated carbocycles. The van der Waals surface area contributed by atoms with E-state index in [9.17, 15) is 4.39 Å². The molecule has 1 aliphatic rings. The number of halogens is 1. The number of nitrogen functional groups attached to an aromatic ring is 1. The maximum Gasteiger partial charge on any atom is 0.231 e. The average Bonchev–Trinajstić information content (AvgIpc) is 2.93. The van der Waals surface area contributed by atoms with Gasteiger partial charge in [-0.15, -0.1) is 0 Å². The summed E-state index contributed by atoms with van der Waals surface area (Å²) in [4.78, 5) is 0. The van der Waals surface area contributed by atoms with Crippen LogP contribution in [0.1, 0.15) is 11.1 Å². The molecule has 3 N–H and O–H groups in total. The van der Waals surface area contributed by atoms with Crippen molar-refractivity contribution in [3.05, 3.63) is 53.3 Å². The van der Waals surface area contributed by atoms with Crippen molar-refractivity contribution in [1.82, 2.24) is 0 Å². The fourth-order valence-corrected chi connectivity index (χ4v) is 2.05. The van der Waals surface area contributed by atoms with Gasteiger partial charge in [-0.1, -0.05) is 6.07 Å². The smallest absolute Gasteiger partial charge is 0.231 e. The molecule has 108 valence electrons. The Balaban J connectivity index is 1.77. The van der Waals surface area contributed by atoms with Gasteiger partial charge in [-0.05, 0) is 24.3 Å². The van der Waals surface area contributed by atoms with Crippen LogP contribution in [0.15, 0.2) is 36.4 Å². The summed E-state index contributed by atoms with van der Waals surface area (Å²) in [6, 6.07) is 9.32. The van der Waals surface area contributed by atoms with Crippen LogP contribution in [-0.2, 0) is 6.61 Å². The Hall–Kier alpha value is -2.76. The van der Waals surface area contributed by atoms with E-state index >= 15 is 0 Å². The largest absolute Gasteiger partial charge is 0.489 e. The molecular formula is C15H13FN2O3. The third-order valence-corrected chi connectivity index (χ3v) is 3.10. The van der Waals surface area contributed by atoms with E-state index in [-0.39, 0.29) is 19.2 Å². The molecule has 0 radical (unpaired) electrons. The summed E-state index contributed by atoms with van der Waals surface area (Å²) in [5.41, 5.74) is 6.42. The number of ether oxygens (including phenoxy) is 3. The Labute approximate surface area is 120 Å². The van der Waals surface area contributed by atoms with Gasteiger partial charge < -0.3 is 19.9 Å². The van der Waals surface area contributed by atoms with Crippen molar-refractivity contribution in [2.24, 2.45) is 5.73 Å². The van der Waals surface area contributed by atoms with E-state index < -0.39 is 5.82 Å². The van der Waals surface area contributed by atoms with Gasteiger partial charge in [0.2, 0.25) is 6.79 Å². The molecule has 3 rings (SSSR count). The average molecular weight is 288 g/mol. The predicted molar refractivity (Wildman–Crippen MR) is 74.3 cm³/mol. The molecule has 0 saturated heterocycles. The monoisotopic (exact) mass is 288 g/mol. The number of nitrogens with two attached hydrogens (primary N) is 1. The van der Waals surface area contributed by atoms with Gasteiger partial charge in [-0.3, -0.25) is 5.41 Å². The van der Waals surface area contributed by atoms with Crippen LogP contribution in [0, 0.1) is 11.2 Å². The van der Waals surface area contributed by atoms with Gasteiger partial charge in [0.05, 0.1) is 0 Å². The molecule has 2 aromatic rings. The first-order valence-electron chi connectivity index (χ1n) is 6.29. The lowest BCUT2D eigenvalue weighted by molar-refractivity contribution is 0.173. The van der Waals surface area contributed by atoms with Crippen LogP contribution in [0.5, 0.6) is 17.2 Å². The second-order valence-corrected chi connectivity index (χ2v) is 4.52. The lowest BCUT2D eigenvalue weighted by Gasteiger charge is -2.11. The van der Waals surface area contributed by atoms with E-state index in [1.165, 1.54) is 12.1 Å². The lowest BCUT2D eigenvalue weighted by Crippen LogP contribution is -2.15. The van der Waals surface area contributed by atoms with Gasteiger partial charge in [-0.2, -0.15) is 0 Å². The van der Waals surface area contributed by atoms with Crippen LogP contribution in [0.2, 0.25) is 0 Å². The second kappa shape index (κ2) is 5.32. The minimum Gasteiger partial charge on any atom is -0.489 e. The fourth-order valence-electron chi connectivity index (χ4n) is 2.05. The van der Waals surface area contributed by atoms with Gasteiger partial charge in [0.25, 0.3) is 0 Å². The third kappa shape index (κ3) is 2.74. The van der Waals surface area contributed by atoms with Crippen LogP contribution in [-0.4, -0.2) is 12.6 Å².